The van der Waals surface area contributed by atoms with Gasteiger partial charge >= 0.3 is 0 Å². The van der Waals surface area contributed by atoms with E-state index in [4.69, 9.17) is 4.74 Å². The lowest BCUT2D eigenvalue weighted by Gasteiger charge is -2.49. The summed E-state index contributed by atoms with van der Waals surface area (Å²) >= 11 is 0. The SMILES string of the molecule is C[C@@H]1CC[C@@H]2C[C@@]3(OC2(C)C)[C@@]1(O)CC[C@@]3(C)O. The standard InChI is InChI=1S/C15H26O3/c1-10-5-6-11-9-15(18-12(11,2)3)13(4,16)7-8-14(10,15)17/h10-11,16-17H,5-9H2,1-4H3/t10-,11-,13-,14-,15+/m1/s1. The molecule has 1 saturated heterocycles. The molecule has 3 rings (SSSR count). The molecule has 1 aliphatic heterocycles. The van der Waals surface area contributed by atoms with Crippen molar-refractivity contribution >= 4 is 0 Å². The fourth-order valence-electron chi connectivity index (χ4n) is 4.85. The lowest BCUT2D eigenvalue weighted by molar-refractivity contribution is -0.256. The number of rotatable bonds is 0. The Morgan fingerprint density at radius 3 is 2.39 bits per heavy atom. The van der Waals surface area contributed by atoms with E-state index in [-0.39, 0.29) is 11.5 Å². The van der Waals surface area contributed by atoms with E-state index < -0.39 is 16.8 Å². The average Bonchev–Trinajstić information content (AvgIpc) is 2.59. The third kappa shape index (κ3) is 1.26. The molecule has 3 fully saturated rings. The molecule has 2 bridgehead atoms. The molecule has 104 valence electrons. The lowest BCUT2D eigenvalue weighted by atomic mass is 9.71. The van der Waals surface area contributed by atoms with E-state index in [1.165, 1.54) is 0 Å². The van der Waals surface area contributed by atoms with Gasteiger partial charge in [-0.15, -0.1) is 0 Å². The predicted octanol–water partition coefficient (Wildman–Crippen LogP) is 2.25. The van der Waals surface area contributed by atoms with Crippen LogP contribution in [-0.4, -0.2) is 32.6 Å². The van der Waals surface area contributed by atoms with E-state index in [9.17, 15) is 10.2 Å². The maximum absolute atomic E-state index is 11.2. The first-order valence-corrected chi connectivity index (χ1v) is 7.30. The second-order valence-corrected chi connectivity index (χ2v) is 7.61. The van der Waals surface area contributed by atoms with Gasteiger partial charge in [0.05, 0.1) is 16.8 Å². The molecule has 1 heterocycles. The van der Waals surface area contributed by atoms with Gasteiger partial charge in [-0.3, -0.25) is 0 Å². The molecule has 3 aliphatic rings. The summed E-state index contributed by atoms with van der Waals surface area (Å²) in [4.78, 5) is 0. The van der Waals surface area contributed by atoms with E-state index in [2.05, 4.69) is 20.8 Å². The zero-order chi connectivity index (χ0) is 13.4. The first kappa shape index (κ1) is 12.9. The summed E-state index contributed by atoms with van der Waals surface area (Å²) in [6.07, 6.45) is 4.22. The summed E-state index contributed by atoms with van der Waals surface area (Å²) in [5.74, 6) is 0.645. The minimum Gasteiger partial charge on any atom is -0.387 e. The molecule has 0 aromatic heterocycles. The largest absolute Gasteiger partial charge is 0.387 e. The monoisotopic (exact) mass is 254 g/mol. The van der Waals surface area contributed by atoms with Gasteiger partial charge in [0.15, 0.2) is 0 Å². The molecule has 2 N–H and O–H groups in total. The van der Waals surface area contributed by atoms with Gasteiger partial charge in [-0.05, 0) is 64.7 Å². The molecule has 0 aromatic carbocycles. The van der Waals surface area contributed by atoms with Crippen LogP contribution >= 0.6 is 0 Å². The molecule has 5 atom stereocenters. The third-order valence-corrected chi connectivity index (χ3v) is 6.28. The van der Waals surface area contributed by atoms with Crippen molar-refractivity contribution in [1.82, 2.24) is 0 Å². The maximum atomic E-state index is 11.2. The molecule has 3 nitrogen and oxygen atoms in total. The van der Waals surface area contributed by atoms with Crippen LogP contribution in [-0.2, 0) is 4.74 Å². The number of hydrogen-bond acceptors (Lipinski definition) is 3. The Balaban J connectivity index is 2.15. The number of aliphatic hydroxyl groups is 2. The van der Waals surface area contributed by atoms with Crippen LogP contribution in [0.5, 0.6) is 0 Å². The van der Waals surface area contributed by atoms with Gasteiger partial charge in [-0.1, -0.05) is 6.92 Å². The maximum Gasteiger partial charge on any atom is 0.126 e. The van der Waals surface area contributed by atoms with Crippen LogP contribution in [0, 0.1) is 11.8 Å². The highest BCUT2D eigenvalue weighted by Gasteiger charge is 2.74. The zero-order valence-corrected chi connectivity index (χ0v) is 12.0. The van der Waals surface area contributed by atoms with Gasteiger partial charge in [0.25, 0.3) is 0 Å². The summed E-state index contributed by atoms with van der Waals surface area (Å²) in [6.45, 7) is 8.18. The summed E-state index contributed by atoms with van der Waals surface area (Å²) < 4.78 is 6.35. The minimum atomic E-state index is -0.910. The zero-order valence-electron chi connectivity index (χ0n) is 12.0. The van der Waals surface area contributed by atoms with Crippen LogP contribution in [0.25, 0.3) is 0 Å². The van der Waals surface area contributed by atoms with Crippen LogP contribution in [0.2, 0.25) is 0 Å². The van der Waals surface area contributed by atoms with Crippen LogP contribution in [0.15, 0.2) is 0 Å². The summed E-state index contributed by atoms with van der Waals surface area (Å²) in [7, 11) is 0. The fraction of sp³-hybridized carbons (Fsp3) is 1.00. The summed E-state index contributed by atoms with van der Waals surface area (Å²) in [5, 5.41) is 22.0. The Bertz CT molecular complexity index is 376. The van der Waals surface area contributed by atoms with E-state index in [1.807, 2.05) is 6.92 Å². The van der Waals surface area contributed by atoms with Crippen molar-refractivity contribution in [3.8, 4) is 0 Å². The van der Waals surface area contributed by atoms with Crippen molar-refractivity contribution in [3.63, 3.8) is 0 Å². The van der Waals surface area contributed by atoms with Gasteiger partial charge in [0.1, 0.15) is 5.60 Å². The second-order valence-electron chi connectivity index (χ2n) is 7.61. The van der Waals surface area contributed by atoms with Crippen LogP contribution in [0.4, 0.5) is 0 Å². The molecular formula is C15H26O3. The molecule has 0 amide bonds. The molecule has 2 saturated carbocycles. The first-order chi connectivity index (χ1) is 8.15. The van der Waals surface area contributed by atoms with Crippen molar-refractivity contribution in [3.05, 3.63) is 0 Å². The van der Waals surface area contributed by atoms with Crippen LogP contribution < -0.4 is 0 Å². The normalized spacial score (nSPS) is 58.3. The molecule has 1 spiro atoms. The molecule has 0 unspecified atom stereocenters. The van der Waals surface area contributed by atoms with Crippen LogP contribution in [0.1, 0.15) is 59.8 Å². The quantitative estimate of drug-likeness (QED) is 0.697. The highest BCUT2D eigenvalue weighted by Crippen LogP contribution is 2.64. The van der Waals surface area contributed by atoms with Gasteiger partial charge in [0.2, 0.25) is 0 Å². The number of fused-ring (bicyclic) bond motifs is 1. The smallest absolute Gasteiger partial charge is 0.126 e. The Labute approximate surface area is 110 Å². The predicted molar refractivity (Wildman–Crippen MR) is 69.2 cm³/mol. The lowest BCUT2D eigenvalue weighted by Crippen LogP contribution is -2.63. The number of ether oxygens (including phenoxy) is 1. The Morgan fingerprint density at radius 1 is 1.06 bits per heavy atom. The van der Waals surface area contributed by atoms with E-state index in [0.717, 1.165) is 19.3 Å². The molecule has 18 heavy (non-hydrogen) atoms. The van der Waals surface area contributed by atoms with Crippen molar-refractivity contribution in [2.75, 3.05) is 0 Å². The van der Waals surface area contributed by atoms with Gasteiger partial charge in [0, 0.05) is 0 Å². The summed E-state index contributed by atoms with van der Waals surface area (Å²) in [6, 6.07) is 0. The average molecular weight is 254 g/mol. The first-order valence-electron chi connectivity index (χ1n) is 7.30. The van der Waals surface area contributed by atoms with Crippen molar-refractivity contribution < 1.29 is 14.9 Å². The van der Waals surface area contributed by atoms with E-state index in [1.54, 1.807) is 0 Å². The second kappa shape index (κ2) is 3.31. The Morgan fingerprint density at radius 2 is 1.72 bits per heavy atom. The molecular weight excluding hydrogens is 228 g/mol. The Hall–Kier alpha value is -0.120. The number of hydrogen-bond donors (Lipinski definition) is 2. The molecule has 2 aliphatic carbocycles. The minimum absolute atomic E-state index is 0.201. The van der Waals surface area contributed by atoms with Crippen molar-refractivity contribution in [1.29, 1.82) is 0 Å². The van der Waals surface area contributed by atoms with Gasteiger partial charge in [-0.2, -0.15) is 0 Å². The van der Waals surface area contributed by atoms with Gasteiger partial charge in [-0.25, -0.2) is 0 Å². The fourth-order valence-corrected chi connectivity index (χ4v) is 4.85. The summed E-state index contributed by atoms with van der Waals surface area (Å²) in [5.41, 5.74) is -2.77. The van der Waals surface area contributed by atoms with E-state index in [0.29, 0.717) is 18.8 Å². The van der Waals surface area contributed by atoms with E-state index >= 15 is 0 Å². The molecule has 0 aromatic rings. The third-order valence-electron chi connectivity index (χ3n) is 6.28. The van der Waals surface area contributed by atoms with Crippen molar-refractivity contribution in [2.24, 2.45) is 11.8 Å². The topological polar surface area (TPSA) is 49.7 Å². The highest BCUT2D eigenvalue weighted by molar-refractivity contribution is 5.24. The van der Waals surface area contributed by atoms with Crippen LogP contribution in [0.3, 0.4) is 0 Å². The molecule has 0 radical (unpaired) electrons. The van der Waals surface area contributed by atoms with Crippen molar-refractivity contribution in [2.45, 2.75) is 82.2 Å². The Kier molecular flexibility index (Phi) is 2.37. The highest BCUT2D eigenvalue weighted by atomic mass is 16.6. The van der Waals surface area contributed by atoms with Gasteiger partial charge < -0.3 is 14.9 Å². The molecule has 3 heteroatoms.